The minimum absolute atomic E-state index is 0.00443. The van der Waals surface area contributed by atoms with Crippen LogP contribution in [0, 0.1) is 6.92 Å². The molecule has 1 aromatic carbocycles. The van der Waals surface area contributed by atoms with Crippen molar-refractivity contribution in [3.8, 4) is 11.3 Å². The second kappa shape index (κ2) is 5.20. The predicted molar refractivity (Wildman–Crippen MR) is 75.0 cm³/mol. The predicted octanol–water partition coefficient (Wildman–Crippen LogP) is 3.09. The number of hydrogen-bond donors (Lipinski definition) is 0. The molecule has 0 N–H and O–H groups in total. The van der Waals surface area contributed by atoms with Gasteiger partial charge in [-0.2, -0.15) is 0 Å². The molecule has 1 aromatic heterocycles. The molecule has 106 valence electrons. The summed E-state index contributed by atoms with van der Waals surface area (Å²) in [4.78, 5) is 11.2. The van der Waals surface area contributed by atoms with Crippen LogP contribution in [0.3, 0.4) is 0 Å². The summed E-state index contributed by atoms with van der Waals surface area (Å²) in [5.41, 5.74) is 0.643. The topological polar surface area (TPSA) is 77.2 Å². The maximum atomic E-state index is 11.8. The van der Waals surface area contributed by atoms with Crippen molar-refractivity contribution in [2.75, 3.05) is 6.26 Å². The first kappa shape index (κ1) is 15.0. The van der Waals surface area contributed by atoms with E-state index in [1.54, 1.807) is 6.92 Å². The molecule has 1 heterocycles. The SMILES string of the molecule is Cc1cc(-c2c(S(C)(=O)=O)ccc(C(=O)Cl)c2Cl)on1. The fourth-order valence-corrected chi connectivity index (χ4v) is 3.22. The molecule has 0 fully saturated rings. The standard InChI is InChI=1S/C12H9Cl2NO4S/c1-6-5-8(19-15-6)10-9(20(2,17)18)4-3-7(11(10)13)12(14)16/h3-5H,1-2H3. The van der Waals surface area contributed by atoms with Crippen molar-refractivity contribution in [1.82, 2.24) is 5.16 Å². The molecule has 0 radical (unpaired) electrons. The molecule has 0 aliphatic heterocycles. The van der Waals surface area contributed by atoms with E-state index in [-0.39, 0.29) is 26.8 Å². The average Bonchev–Trinajstić information content (AvgIpc) is 2.73. The molecule has 0 saturated heterocycles. The van der Waals surface area contributed by atoms with Crippen LogP contribution in [-0.2, 0) is 9.84 Å². The van der Waals surface area contributed by atoms with Gasteiger partial charge in [0.05, 0.1) is 26.7 Å². The number of hydrogen-bond acceptors (Lipinski definition) is 5. The second-order valence-electron chi connectivity index (χ2n) is 4.18. The van der Waals surface area contributed by atoms with Gasteiger partial charge < -0.3 is 4.52 Å². The van der Waals surface area contributed by atoms with Gasteiger partial charge in [0.2, 0.25) is 0 Å². The van der Waals surface area contributed by atoms with Gasteiger partial charge in [-0.3, -0.25) is 4.79 Å². The van der Waals surface area contributed by atoms with Crippen molar-refractivity contribution in [2.45, 2.75) is 11.8 Å². The molecule has 0 spiro atoms. The summed E-state index contributed by atoms with van der Waals surface area (Å²) < 4.78 is 28.7. The Morgan fingerprint density at radius 1 is 1.35 bits per heavy atom. The first-order valence-corrected chi connectivity index (χ1v) is 8.02. The monoisotopic (exact) mass is 333 g/mol. The Bertz CT molecular complexity index is 796. The summed E-state index contributed by atoms with van der Waals surface area (Å²) >= 11 is 11.5. The van der Waals surface area contributed by atoms with E-state index in [2.05, 4.69) is 5.16 Å². The van der Waals surface area contributed by atoms with Gasteiger partial charge in [-0.15, -0.1) is 0 Å². The van der Waals surface area contributed by atoms with Crippen molar-refractivity contribution in [3.05, 3.63) is 34.5 Å². The average molecular weight is 334 g/mol. The molecular weight excluding hydrogens is 325 g/mol. The molecule has 0 bridgehead atoms. The lowest BCUT2D eigenvalue weighted by Gasteiger charge is -2.09. The van der Waals surface area contributed by atoms with E-state index < -0.39 is 15.1 Å². The van der Waals surface area contributed by atoms with Crippen LogP contribution in [0.2, 0.25) is 5.02 Å². The third kappa shape index (κ3) is 2.72. The molecule has 20 heavy (non-hydrogen) atoms. The molecule has 8 heteroatoms. The van der Waals surface area contributed by atoms with Crippen molar-refractivity contribution in [1.29, 1.82) is 0 Å². The van der Waals surface area contributed by atoms with Gasteiger partial charge in [0.25, 0.3) is 5.24 Å². The van der Waals surface area contributed by atoms with E-state index in [4.69, 9.17) is 27.7 Å². The Morgan fingerprint density at radius 2 is 2.00 bits per heavy atom. The van der Waals surface area contributed by atoms with Crippen LogP contribution in [0.5, 0.6) is 0 Å². The lowest BCUT2D eigenvalue weighted by Crippen LogP contribution is -2.03. The zero-order chi connectivity index (χ0) is 15.1. The van der Waals surface area contributed by atoms with E-state index >= 15 is 0 Å². The molecule has 5 nitrogen and oxygen atoms in total. The highest BCUT2D eigenvalue weighted by Crippen LogP contribution is 2.37. The number of rotatable bonds is 3. The van der Waals surface area contributed by atoms with E-state index in [0.717, 1.165) is 6.26 Å². The molecular formula is C12H9Cl2NO4S. The number of halogens is 2. The molecule has 2 aromatic rings. The first-order chi connectivity index (χ1) is 9.21. The lowest BCUT2D eigenvalue weighted by atomic mass is 10.1. The van der Waals surface area contributed by atoms with Crippen LogP contribution >= 0.6 is 23.2 Å². The van der Waals surface area contributed by atoms with Crippen LogP contribution in [-0.4, -0.2) is 25.1 Å². The molecule has 0 amide bonds. The third-order valence-corrected chi connectivity index (χ3v) is 4.32. The lowest BCUT2D eigenvalue weighted by molar-refractivity contribution is 0.108. The Kier molecular flexibility index (Phi) is 3.90. The Labute approximate surface area is 125 Å². The fourth-order valence-electron chi connectivity index (χ4n) is 1.73. The normalized spacial score (nSPS) is 11.6. The van der Waals surface area contributed by atoms with Crippen LogP contribution in [0.15, 0.2) is 27.6 Å². The first-order valence-electron chi connectivity index (χ1n) is 5.38. The molecule has 0 atom stereocenters. The highest BCUT2D eigenvalue weighted by molar-refractivity contribution is 7.90. The summed E-state index contributed by atoms with van der Waals surface area (Å²) in [6.07, 6.45) is 1.04. The summed E-state index contributed by atoms with van der Waals surface area (Å²) in [5, 5.41) is 2.82. The van der Waals surface area contributed by atoms with Crippen molar-refractivity contribution >= 4 is 38.3 Å². The number of benzene rings is 1. The highest BCUT2D eigenvalue weighted by Gasteiger charge is 2.24. The number of aryl methyl sites for hydroxylation is 1. The molecule has 0 unspecified atom stereocenters. The third-order valence-electron chi connectivity index (χ3n) is 2.59. The van der Waals surface area contributed by atoms with Gasteiger partial charge in [0.15, 0.2) is 15.6 Å². The van der Waals surface area contributed by atoms with Crippen LogP contribution < -0.4 is 0 Å². The van der Waals surface area contributed by atoms with Crippen molar-refractivity contribution < 1.29 is 17.7 Å². The van der Waals surface area contributed by atoms with Gasteiger partial charge in [0.1, 0.15) is 0 Å². The fraction of sp³-hybridized carbons (Fsp3) is 0.167. The number of aromatic nitrogens is 1. The number of carbonyl (C=O) groups is 1. The molecule has 2 rings (SSSR count). The number of sulfone groups is 1. The molecule has 0 aliphatic rings. The van der Waals surface area contributed by atoms with E-state index in [9.17, 15) is 13.2 Å². The summed E-state index contributed by atoms with van der Waals surface area (Å²) in [7, 11) is -3.56. The van der Waals surface area contributed by atoms with Gasteiger partial charge in [-0.25, -0.2) is 8.42 Å². The largest absolute Gasteiger partial charge is 0.356 e. The quantitative estimate of drug-likeness (QED) is 0.806. The zero-order valence-corrected chi connectivity index (χ0v) is 12.8. The molecule has 0 saturated carbocycles. The smallest absolute Gasteiger partial charge is 0.253 e. The Morgan fingerprint density at radius 3 is 2.45 bits per heavy atom. The Hall–Kier alpha value is -1.37. The van der Waals surface area contributed by atoms with Crippen LogP contribution in [0.25, 0.3) is 11.3 Å². The Balaban J connectivity index is 2.86. The zero-order valence-electron chi connectivity index (χ0n) is 10.5. The number of nitrogens with zero attached hydrogens (tertiary/aromatic N) is 1. The van der Waals surface area contributed by atoms with Gasteiger partial charge >= 0.3 is 0 Å². The maximum absolute atomic E-state index is 11.8. The highest BCUT2D eigenvalue weighted by atomic mass is 35.5. The van der Waals surface area contributed by atoms with E-state index in [0.29, 0.717) is 5.69 Å². The van der Waals surface area contributed by atoms with Crippen molar-refractivity contribution in [2.24, 2.45) is 0 Å². The van der Waals surface area contributed by atoms with Gasteiger partial charge in [0, 0.05) is 12.3 Å². The van der Waals surface area contributed by atoms with Crippen LogP contribution in [0.4, 0.5) is 0 Å². The van der Waals surface area contributed by atoms with Gasteiger partial charge in [-0.1, -0.05) is 16.8 Å². The van der Waals surface area contributed by atoms with E-state index in [1.165, 1.54) is 18.2 Å². The molecule has 0 aliphatic carbocycles. The van der Waals surface area contributed by atoms with Crippen LogP contribution in [0.1, 0.15) is 16.1 Å². The maximum Gasteiger partial charge on any atom is 0.253 e. The minimum atomic E-state index is -3.56. The summed E-state index contributed by atoms with van der Waals surface area (Å²) in [5.74, 6) is 0.160. The minimum Gasteiger partial charge on any atom is -0.356 e. The summed E-state index contributed by atoms with van der Waals surface area (Å²) in [6.45, 7) is 1.68. The van der Waals surface area contributed by atoms with Crippen molar-refractivity contribution in [3.63, 3.8) is 0 Å². The number of carbonyl (C=O) groups excluding carboxylic acids is 1. The second-order valence-corrected chi connectivity index (χ2v) is 6.88. The van der Waals surface area contributed by atoms with E-state index in [1.807, 2.05) is 0 Å². The summed E-state index contributed by atoms with van der Waals surface area (Å²) in [6, 6.07) is 4.06. The van der Waals surface area contributed by atoms with Gasteiger partial charge in [-0.05, 0) is 30.7 Å².